The fraction of sp³-hybridized carbons (Fsp3) is 0.240. The van der Waals surface area contributed by atoms with Gasteiger partial charge in [0, 0.05) is 4.90 Å². The van der Waals surface area contributed by atoms with Crippen LogP contribution < -0.4 is 14.4 Å². The SMILES string of the molecule is CCOc1ccccc1N(CC(=O)N[C@H](C)c1ccccc1)S(=O)(=O)c1ccc(SC)cc1. The highest BCUT2D eigenvalue weighted by Crippen LogP contribution is 2.33. The molecule has 0 aliphatic carbocycles. The van der Waals surface area contributed by atoms with Gasteiger partial charge in [0.15, 0.2) is 0 Å². The lowest BCUT2D eigenvalue weighted by molar-refractivity contribution is -0.120. The Hall–Kier alpha value is -2.97. The second-order valence-electron chi connectivity index (χ2n) is 7.29. The van der Waals surface area contributed by atoms with Crippen LogP contribution in [0.2, 0.25) is 0 Å². The molecule has 174 valence electrons. The van der Waals surface area contributed by atoms with Crippen LogP contribution in [0.15, 0.2) is 88.7 Å². The number of anilines is 1. The van der Waals surface area contributed by atoms with Crippen molar-refractivity contribution < 1.29 is 17.9 Å². The number of carbonyl (C=O) groups excluding carboxylic acids is 1. The van der Waals surface area contributed by atoms with E-state index in [0.717, 1.165) is 14.8 Å². The molecule has 3 aromatic carbocycles. The number of hydrogen-bond donors (Lipinski definition) is 1. The van der Waals surface area contributed by atoms with E-state index in [2.05, 4.69) is 5.32 Å². The molecule has 3 aromatic rings. The van der Waals surface area contributed by atoms with Gasteiger partial charge in [0.2, 0.25) is 5.91 Å². The van der Waals surface area contributed by atoms with E-state index >= 15 is 0 Å². The Kier molecular flexibility index (Phi) is 8.41. The van der Waals surface area contributed by atoms with Gasteiger partial charge in [-0.1, -0.05) is 42.5 Å². The van der Waals surface area contributed by atoms with Gasteiger partial charge in [0.25, 0.3) is 10.0 Å². The first-order valence-corrected chi connectivity index (χ1v) is 13.3. The molecular weight excluding hydrogens is 456 g/mol. The minimum absolute atomic E-state index is 0.107. The summed E-state index contributed by atoms with van der Waals surface area (Å²) >= 11 is 1.52. The van der Waals surface area contributed by atoms with Crippen molar-refractivity contribution in [3.63, 3.8) is 0 Å². The van der Waals surface area contributed by atoms with E-state index in [1.807, 2.05) is 50.4 Å². The summed E-state index contributed by atoms with van der Waals surface area (Å²) in [7, 11) is -4.03. The molecule has 3 rings (SSSR count). The first kappa shape index (κ1) is 24.7. The maximum Gasteiger partial charge on any atom is 0.264 e. The smallest absolute Gasteiger partial charge is 0.264 e. The van der Waals surface area contributed by atoms with Crippen molar-refractivity contribution in [2.24, 2.45) is 0 Å². The topological polar surface area (TPSA) is 75.7 Å². The third-order valence-electron chi connectivity index (χ3n) is 5.05. The van der Waals surface area contributed by atoms with Crippen LogP contribution in [0.5, 0.6) is 5.75 Å². The van der Waals surface area contributed by atoms with Gasteiger partial charge in [-0.05, 0) is 62.1 Å². The predicted octanol–water partition coefficient (Wildman–Crippen LogP) is 4.88. The molecule has 0 bridgehead atoms. The first-order chi connectivity index (χ1) is 15.9. The Morgan fingerprint density at radius 1 is 1.00 bits per heavy atom. The highest BCUT2D eigenvalue weighted by molar-refractivity contribution is 7.98. The van der Waals surface area contributed by atoms with Crippen LogP contribution in [0.1, 0.15) is 25.5 Å². The molecule has 6 nitrogen and oxygen atoms in total. The van der Waals surface area contributed by atoms with Gasteiger partial charge in [0.05, 0.1) is 23.2 Å². The zero-order valence-corrected chi connectivity index (χ0v) is 20.5. The zero-order valence-electron chi connectivity index (χ0n) is 18.9. The molecule has 0 spiro atoms. The molecule has 0 aliphatic rings. The average molecular weight is 485 g/mol. The molecule has 0 unspecified atom stereocenters. The van der Waals surface area contributed by atoms with E-state index < -0.39 is 15.9 Å². The van der Waals surface area contributed by atoms with E-state index in [1.165, 1.54) is 11.8 Å². The number of ether oxygens (including phenoxy) is 1. The quantitative estimate of drug-likeness (QED) is 0.415. The summed E-state index contributed by atoms with van der Waals surface area (Å²) in [5.74, 6) is -0.0184. The lowest BCUT2D eigenvalue weighted by Crippen LogP contribution is -2.41. The van der Waals surface area contributed by atoms with Crippen molar-refractivity contribution >= 4 is 33.4 Å². The number of amides is 1. The molecule has 33 heavy (non-hydrogen) atoms. The highest BCUT2D eigenvalue weighted by Gasteiger charge is 2.29. The molecule has 8 heteroatoms. The Morgan fingerprint density at radius 3 is 2.27 bits per heavy atom. The van der Waals surface area contributed by atoms with Crippen LogP contribution in [0, 0.1) is 0 Å². The zero-order chi connectivity index (χ0) is 23.8. The summed E-state index contributed by atoms with van der Waals surface area (Å²) in [6, 6.07) is 22.7. The van der Waals surface area contributed by atoms with E-state index in [-0.39, 0.29) is 17.5 Å². The molecule has 1 amide bonds. The third kappa shape index (κ3) is 6.09. The van der Waals surface area contributed by atoms with Crippen molar-refractivity contribution in [2.75, 3.05) is 23.7 Å². The van der Waals surface area contributed by atoms with Crippen LogP contribution in [-0.2, 0) is 14.8 Å². The summed E-state index contributed by atoms with van der Waals surface area (Å²) in [6.45, 7) is 3.67. The van der Waals surface area contributed by atoms with Crippen LogP contribution in [0.25, 0.3) is 0 Å². The average Bonchev–Trinajstić information content (AvgIpc) is 2.83. The Bertz CT molecular complexity index is 1170. The summed E-state index contributed by atoms with van der Waals surface area (Å²) < 4.78 is 34.1. The number of para-hydroxylation sites is 2. The van der Waals surface area contributed by atoms with Crippen LogP contribution in [0.4, 0.5) is 5.69 Å². The molecular formula is C25H28N2O4S2. The number of rotatable bonds is 10. The van der Waals surface area contributed by atoms with Crippen molar-refractivity contribution in [2.45, 2.75) is 29.7 Å². The summed E-state index contributed by atoms with van der Waals surface area (Å²) in [5, 5.41) is 2.90. The molecule has 0 fully saturated rings. The first-order valence-electron chi connectivity index (χ1n) is 10.6. The van der Waals surface area contributed by atoms with E-state index in [4.69, 9.17) is 4.74 Å². The monoisotopic (exact) mass is 484 g/mol. The number of nitrogens with one attached hydrogen (secondary N) is 1. The number of hydrogen-bond acceptors (Lipinski definition) is 5. The molecule has 0 heterocycles. The van der Waals surface area contributed by atoms with Crippen LogP contribution in [0.3, 0.4) is 0 Å². The van der Waals surface area contributed by atoms with Gasteiger partial charge in [0.1, 0.15) is 12.3 Å². The molecule has 0 saturated carbocycles. The van der Waals surface area contributed by atoms with Gasteiger partial charge in [-0.15, -0.1) is 11.8 Å². The fourth-order valence-electron chi connectivity index (χ4n) is 3.36. The number of carbonyl (C=O) groups is 1. The van der Waals surface area contributed by atoms with Crippen molar-refractivity contribution in [3.05, 3.63) is 84.4 Å². The molecule has 0 radical (unpaired) electrons. The van der Waals surface area contributed by atoms with E-state index in [0.29, 0.717) is 18.0 Å². The van der Waals surface area contributed by atoms with Crippen molar-refractivity contribution in [1.29, 1.82) is 0 Å². The summed E-state index contributed by atoms with van der Waals surface area (Å²) in [6.07, 6.45) is 1.92. The van der Waals surface area contributed by atoms with E-state index in [9.17, 15) is 13.2 Å². The normalized spacial score (nSPS) is 12.1. The van der Waals surface area contributed by atoms with Gasteiger partial charge in [-0.2, -0.15) is 0 Å². The number of nitrogens with zero attached hydrogens (tertiary/aromatic N) is 1. The number of thioether (sulfide) groups is 1. The lowest BCUT2D eigenvalue weighted by atomic mass is 10.1. The van der Waals surface area contributed by atoms with Gasteiger partial charge in [-0.25, -0.2) is 8.42 Å². The Labute approximate surface area is 200 Å². The number of benzene rings is 3. The van der Waals surface area contributed by atoms with Crippen LogP contribution in [-0.4, -0.2) is 33.7 Å². The van der Waals surface area contributed by atoms with Gasteiger partial charge < -0.3 is 10.1 Å². The Morgan fingerprint density at radius 2 is 1.64 bits per heavy atom. The van der Waals surface area contributed by atoms with Crippen molar-refractivity contribution in [3.8, 4) is 5.75 Å². The maximum atomic E-state index is 13.7. The minimum Gasteiger partial charge on any atom is -0.492 e. The van der Waals surface area contributed by atoms with E-state index in [1.54, 1.807) is 48.5 Å². The van der Waals surface area contributed by atoms with Gasteiger partial charge in [-0.3, -0.25) is 9.10 Å². The minimum atomic E-state index is -4.03. The summed E-state index contributed by atoms with van der Waals surface area (Å²) in [4.78, 5) is 14.1. The molecule has 1 atom stereocenters. The second kappa shape index (κ2) is 11.2. The van der Waals surface area contributed by atoms with Gasteiger partial charge >= 0.3 is 0 Å². The highest BCUT2D eigenvalue weighted by atomic mass is 32.2. The standard InChI is InChI=1S/C25H28N2O4S2/c1-4-31-24-13-9-8-12-23(24)27(33(29,30)22-16-14-21(32-3)15-17-22)18-25(28)26-19(2)20-10-6-5-7-11-20/h5-17,19H,4,18H2,1-3H3,(H,26,28)/t19-/m1/s1. The third-order valence-corrected chi connectivity index (χ3v) is 7.56. The second-order valence-corrected chi connectivity index (χ2v) is 10.0. The molecule has 0 aliphatic heterocycles. The maximum absolute atomic E-state index is 13.7. The molecule has 1 N–H and O–H groups in total. The van der Waals surface area contributed by atoms with Crippen molar-refractivity contribution in [1.82, 2.24) is 5.32 Å². The predicted molar refractivity (Wildman–Crippen MR) is 133 cm³/mol. The van der Waals surface area contributed by atoms with Crippen LogP contribution >= 0.6 is 11.8 Å². The largest absolute Gasteiger partial charge is 0.492 e. The lowest BCUT2D eigenvalue weighted by Gasteiger charge is -2.26. The molecule has 0 saturated heterocycles. The molecule has 0 aromatic heterocycles. The fourth-order valence-corrected chi connectivity index (χ4v) is 5.20. The number of sulfonamides is 1. The summed E-state index contributed by atoms with van der Waals surface area (Å²) in [5.41, 5.74) is 1.25. The Balaban J connectivity index is 1.96.